The van der Waals surface area contributed by atoms with Crippen LogP contribution in [-0.4, -0.2) is 66.6 Å². The van der Waals surface area contributed by atoms with Crippen LogP contribution in [0, 0.1) is 5.82 Å². The number of urea groups is 1. The number of fused-ring (bicyclic) bond motifs is 1. The largest absolute Gasteiger partial charge is 0.385 e. The molecule has 0 aliphatic rings. The number of benzene rings is 2. The monoisotopic (exact) mass is 468 g/mol. The third-order valence-electron chi connectivity index (χ3n) is 5.68. The lowest BCUT2D eigenvalue weighted by molar-refractivity contribution is -0.132. The van der Waals surface area contributed by atoms with E-state index < -0.39 is 0 Å². The predicted molar refractivity (Wildman–Crippen MR) is 131 cm³/mol. The minimum Gasteiger partial charge on any atom is -0.385 e. The Labute approximate surface area is 199 Å². The predicted octanol–water partition coefficient (Wildman–Crippen LogP) is 3.95. The molecule has 1 heterocycles. The number of amides is 3. The smallest absolute Gasteiger partial charge is 0.317 e. The second-order valence-electron chi connectivity index (χ2n) is 8.15. The number of halogens is 1. The number of carbonyl (C=O) groups is 2. The molecular formula is C26H33FN4O3. The second-order valence-corrected chi connectivity index (χ2v) is 8.15. The molecule has 0 unspecified atom stereocenters. The molecule has 3 amide bonds. The van der Waals surface area contributed by atoms with Crippen LogP contribution in [0.5, 0.6) is 0 Å². The van der Waals surface area contributed by atoms with Gasteiger partial charge in [-0.25, -0.2) is 9.18 Å². The van der Waals surface area contributed by atoms with E-state index in [0.29, 0.717) is 45.6 Å². The van der Waals surface area contributed by atoms with Crippen LogP contribution < -0.4 is 5.32 Å². The molecule has 0 atom stereocenters. The Hall–Kier alpha value is -3.39. The van der Waals surface area contributed by atoms with E-state index in [2.05, 4.69) is 16.4 Å². The van der Waals surface area contributed by atoms with Gasteiger partial charge in [0, 0.05) is 57.0 Å². The third kappa shape index (κ3) is 7.05. The van der Waals surface area contributed by atoms with E-state index in [4.69, 9.17) is 4.74 Å². The lowest BCUT2D eigenvalue weighted by atomic mass is 10.1. The third-order valence-corrected chi connectivity index (χ3v) is 5.68. The summed E-state index contributed by atoms with van der Waals surface area (Å²) in [5.74, 6) is -0.478. The molecule has 7 nitrogen and oxygen atoms in total. The number of aromatic nitrogens is 1. The van der Waals surface area contributed by atoms with Crippen LogP contribution in [0.25, 0.3) is 10.9 Å². The summed E-state index contributed by atoms with van der Waals surface area (Å²) in [6.07, 6.45) is 3.26. The van der Waals surface area contributed by atoms with E-state index in [-0.39, 0.29) is 24.3 Å². The number of rotatable bonds is 12. The van der Waals surface area contributed by atoms with Crippen molar-refractivity contribution in [2.45, 2.75) is 26.3 Å². The van der Waals surface area contributed by atoms with Gasteiger partial charge in [-0.05, 0) is 49.1 Å². The fourth-order valence-corrected chi connectivity index (χ4v) is 3.87. The summed E-state index contributed by atoms with van der Waals surface area (Å²) in [7, 11) is 1.61. The van der Waals surface area contributed by atoms with E-state index in [1.165, 1.54) is 17.0 Å². The zero-order valence-corrected chi connectivity index (χ0v) is 19.9. The quantitative estimate of drug-likeness (QED) is 0.395. The standard InChI is InChI=1S/C26H33FN4O3/c1-3-28-26(33)31(14-6-16-34-2)19-25(32)30(18-20-9-11-22(27)12-10-20)15-13-21-17-29-24-8-5-4-7-23(21)24/h4-5,7-12,17,29H,3,6,13-16,18-19H2,1-2H3,(H,28,33). The van der Waals surface area contributed by atoms with Crippen LogP contribution in [0.3, 0.4) is 0 Å². The average molecular weight is 469 g/mol. The first-order chi connectivity index (χ1) is 16.5. The van der Waals surface area contributed by atoms with E-state index in [9.17, 15) is 14.0 Å². The zero-order chi connectivity index (χ0) is 24.3. The summed E-state index contributed by atoms with van der Waals surface area (Å²) in [6.45, 7) is 4.01. The molecule has 0 aliphatic carbocycles. The number of carbonyl (C=O) groups excluding carboxylic acids is 2. The van der Waals surface area contributed by atoms with Gasteiger partial charge in [0.2, 0.25) is 5.91 Å². The van der Waals surface area contributed by atoms with E-state index in [1.54, 1.807) is 24.1 Å². The fraction of sp³-hybridized carbons (Fsp3) is 0.385. The molecule has 1 aromatic heterocycles. The highest BCUT2D eigenvalue weighted by Gasteiger charge is 2.21. The normalized spacial score (nSPS) is 10.9. The molecule has 0 saturated carbocycles. The first kappa shape index (κ1) is 25.2. The van der Waals surface area contributed by atoms with Crippen molar-refractivity contribution in [3.05, 3.63) is 71.7 Å². The molecule has 0 fully saturated rings. The van der Waals surface area contributed by atoms with Crippen molar-refractivity contribution in [2.24, 2.45) is 0 Å². The van der Waals surface area contributed by atoms with Gasteiger partial charge < -0.3 is 24.8 Å². The van der Waals surface area contributed by atoms with Crippen LogP contribution in [0.2, 0.25) is 0 Å². The van der Waals surface area contributed by atoms with Crippen molar-refractivity contribution < 1.29 is 18.7 Å². The summed E-state index contributed by atoms with van der Waals surface area (Å²) in [6, 6.07) is 13.9. The van der Waals surface area contributed by atoms with Gasteiger partial charge >= 0.3 is 6.03 Å². The summed E-state index contributed by atoms with van der Waals surface area (Å²) < 4.78 is 18.5. The van der Waals surface area contributed by atoms with Gasteiger partial charge in [-0.1, -0.05) is 30.3 Å². The lowest BCUT2D eigenvalue weighted by Gasteiger charge is -2.28. The van der Waals surface area contributed by atoms with E-state index in [1.807, 2.05) is 31.3 Å². The maximum absolute atomic E-state index is 13.4. The Bertz CT molecular complexity index is 1070. The Kier molecular flexibility index (Phi) is 9.46. The van der Waals surface area contributed by atoms with E-state index >= 15 is 0 Å². The first-order valence-electron chi connectivity index (χ1n) is 11.6. The maximum atomic E-state index is 13.4. The molecule has 0 saturated heterocycles. The summed E-state index contributed by atoms with van der Waals surface area (Å²) in [5.41, 5.74) is 3.00. The van der Waals surface area contributed by atoms with Crippen LogP contribution in [-0.2, 0) is 22.5 Å². The van der Waals surface area contributed by atoms with E-state index in [0.717, 1.165) is 22.0 Å². The van der Waals surface area contributed by atoms with Gasteiger partial charge in [0.05, 0.1) is 0 Å². The summed E-state index contributed by atoms with van der Waals surface area (Å²) in [4.78, 5) is 32.4. The number of hydrogen-bond donors (Lipinski definition) is 2. The number of nitrogens with zero attached hydrogens (tertiary/aromatic N) is 2. The molecule has 182 valence electrons. The van der Waals surface area contributed by atoms with Crippen LogP contribution in [0.15, 0.2) is 54.7 Å². The van der Waals surface area contributed by atoms with Gasteiger partial charge in [0.15, 0.2) is 0 Å². The Morgan fingerprint density at radius 1 is 1.06 bits per heavy atom. The van der Waals surface area contributed by atoms with Crippen LogP contribution in [0.1, 0.15) is 24.5 Å². The van der Waals surface area contributed by atoms with Crippen molar-refractivity contribution in [3.63, 3.8) is 0 Å². The SMILES string of the molecule is CCNC(=O)N(CCCOC)CC(=O)N(CCc1c[nH]c2ccccc12)Cc1ccc(F)cc1. The Morgan fingerprint density at radius 3 is 2.56 bits per heavy atom. The fourth-order valence-electron chi connectivity index (χ4n) is 3.87. The summed E-state index contributed by atoms with van der Waals surface area (Å²) in [5, 5.41) is 3.90. The number of nitrogens with one attached hydrogen (secondary N) is 2. The number of aromatic amines is 1. The number of ether oxygens (including phenoxy) is 1. The van der Waals surface area contributed by atoms with Crippen molar-refractivity contribution in [1.82, 2.24) is 20.1 Å². The molecular weight excluding hydrogens is 435 g/mol. The molecule has 2 aromatic carbocycles. The lowest BCUT2D eigenvalue weighted by Crippen LogP contribution is -2.47. The first-order valence-corrected chi connectivity index (χ1v) is 11.6. The van der Waals surface area contributed by atoms with Gasteiger partial charge in [-0.15, -0.1) is 0 Å². The average Bonchev–Trinajstić information content (AvgIpc) is 3.25. The summed E-state index contributed by atoms with van der Waals surface area (Å²) >= 11 is 0. The molecule has 8 heteroatoms. The second kappa shape index (κ2) is 12.7. The van der Waals surface area contributed by atoms with Crippen molar-refractivity contribution in [3.8, 4) is 0 Å². The minimum atomic E-state index is -0.319. The zero-order valence-electron chi connectivity index (χ0n) is 19.9. The maximum Gasteiger partial charge on any atom is 0.317 e. The van der Waals surface area contributed by atoms with Gasteiger partial charge in [0.1, 0.15) is 12.4 Å². The molecule has 0 spiro atoms. The Balaban J connectivity index is 1.75. The van der Waals surface area contributed by atoms with Crippen LogP contribution in [0.4, 0.5) is 9.18 Å². The number of hydrogen-bond acceptors (Lipinski definition) is 3. The van der Waals surface area contributed by atoms with Crippen LogP contribution >= 0.6 is 0 Å². The topological polar surface area (TPSA) is 77.7 Å². The molecule has 3 rings (SSSR count). The highest BCUT2D eigenvalue weighted by molar-refractivity contribution is 5.85. The van der Waals surface area contributed by atoms with Crippen molar-refractivity contribution >= 4 is 22.8 Å². The molecule has 2 N–H and O–H groups in total. The van der Waals surface area contributed by atoms with Gasteiger partial charge in [-0.2, -0.15) is 0 Å². The number of para-hydroxylation sites is 1. The Morgan fingerprint density at radius 2 is 1.82 bits per heavy atom. The molecule has 34 heavy (non-hydrogen) atoms. The molecule has 3 aromatic rings. The minimum absolute atomic E-state index is 0.0371. The van der Waals surface area contributed by atoms with Crippen molar-refractivity contribution in [1.29, 1.82) is 0 Å². The van der Waals surface area contributed by atoms with Crippen molar-refractivity contribution in [2.75, 3.05) is 39.9 Å². The number of methoxy groups -OCH3 is 1. The molecule has 0 bridgehead atoms. The highest BCUT2D eigenvalue weighted by atomic mass is 19.1. The van der Waals surface area contributed by atoms with Gasteiger partial charge in [-0.3, -0.25) is 4.79 Å². The highest BCUT2D eigenvalue weighted by Crippen LogP contribution is 2.19. The molecule has 0 aliphatic heterocycles. The number of H-pyrrole nitrogens is 1. The molecule has 0 radical (unpaired) electrons. The van der Waals surface area contributed by atoms with Gasteiger partial charge in [0.25, 0.3) is 0 Å².